The van der Waals surface area contributed by atoms with E-state index < -0.39 is 0 Å². The van der Waals surface area contributed by atoms with Crippen molar-refractivity contribution in [2.45, 2.75) is 26.2 Å². The molecule has 3 N–H and O–H groups in total. The largest absolute Gasteiger partial charge is 0.497 e. The quantitative estimate of drug-likeness (QED) is 0.672. The molecule has 0 radical (unpaired) electrons. The van der Waals surface area contributed by atoms with Crippen LogP contribution in [-0.2, 0) is 11.2 Å². The van der Waals surface area contributed by atoms with Crippen LogP contribution in [0.2, 0.25) is 0 Å². The molecule has 0 saturated carbocycles. The minimum Gasteiger partial charge on any atom is -0.497 e. The van der Waals surface area contributed by atoms with Crippen molar-refractivity contribution in [1.29, 1.82) is 0 Å². The Balaban J connectivity index is 2.55. The minimum atomic E-state index is -0.104. The second-order valence-electron chi connectivity index (χ2n) is 4.50. The van der Waals surface area contributed by atoms with Crippen molar-refractivity contribution in [2.24, 2.45) is 5.73 Å². The molecular formula is C15H24N2O3. The minimum absolute atomic E-state index is 0.0214. The third kappa shape index (κ3) is 5.48. The molecule has 1 aromatic rings. The van der Waals surface area contributed by atoms with Crippen molar-refractivity contribution in [3.8, 4) is 11.5 Å². The van der Waals surface area contributed by atoms with Gasteiger partial charge in [0.15, 0.2) is 6.61 Å². The summed E-state index contributed by atoms with van der Waals surface area (Å²) in [5.41, 5.74) is 6.53. The lowest BCUT2D eigenvalue weighted by Gasteiger charge is -2.12. The molecule has 1 aromatic carbocycles. The maximum absolute atomic E-state index is 11.6. The number of unbranched alkanes of at least 4 members (excludes halogenated alkanes) is 1. The average molecular weight is 280 g/mol. The molecule has 0 fully saturated rings. The molecule has 5 heteroatoms. The fourth-order valence-electron chi connectivity index (χ4n) is 1.77. The number of nitrogens with two attached hydrogens (primary N) is 1. The van der Waals surface area contributed by atoms with Crippen molar-refractivity contribution < 1.29 is 14.3 Å². The Kier molecular flexibility index (Phi) is 7.50. The van der Waals surface area contributed by atoms with E-state index in [9.17, 15) is 4.79 Å². The number of rotatable bonds is 9. The summed E-state index contributed by atoms with van der Waals surface area (Å²) in [5, 5.41) is 2.81. The number of carbonyl (C=O) groups is 1. The van der Waals surface area contributed by atoms with Gasteiger partial charge in [-0.15, -0.1) is 0 Å². The Morgan fingerprint density at radius 3 is 2.85 bits per heavy atom. The molecule has 20 heavy (non-hydrogen) atoms. The maximum atomic E-state index is 11.6. The zero-order chi connectivity index (χ0) is 14.8. The van der Waals surface area contributed by atoms with E-state index >= 15 is 0 Å². The highest BCUT2D eigenvalue weighted by molar-refractivity contribution is 5.77. The Labute approximate surface area is 120 Å². The first-order chi connectivity index (χ1) is 9.71. The van der Waals surface area contributed by atoms with Crippen molar-refractivity contribution in [2.75, 3.05) is 26.8 Å². The Hall–Kier alpha value is -1.75. The number of carbonyl (C=O) groups excluding carboxylic acids is 1. The molecule has 0 spiro atoms. The lowest BCUT2D eigenvalue weighted by Crippen LogP contribution is -2.29. The summed E-state index contributed by atoms with van der Waals surface area (Å²) >= 11 is 0. The Bertz CT molecular complexity index is 422. The van der Waals surface area contributed by atoms with E-state index in [-0.39, 0.29) is 12.5 Å². The van der Waals surface area contributed by atoms with Gasteiger partial charge in [-0.25, -0.2) is 0 Å². The van der Waals surface area contributed by atoms with Gasteiger partial charge in [0.1, 0.15) is 11.5 Å². The third-order valence-corrected chi connectivity index (χ3v) is 2.89. The van der Waals surface area contributed by atoms with Gasteiger partial charge in [0.25, 0.3) is 5.91 Å². The van der Waals surface area contributed by atoms with Gasteiger partial charge in [0.05, 0.1) is 7.11 Å². The lowest BCUT2D eigenvalue weighted by molar-refractivity contribution is -0.123. The highest BCUT2D eigenvalue weighted by atomic mass is 16.5. The summed E-state index contributed by atoms with van der Waals surface area (Å²) in [7, 11) is 1.61. The Morgan fingerprint density at radius 1 is 1.40 bits per heavy atom. The first-order valence-corrected chi connectivity index (χ1v) is 6.97. The highest BCUT2D eigenvalue weighted by Gasteiger charge is 2.08. The molecule has 0 atom stereocenters. The lowest BCUT2D eigenvalue weighted by atomic mass is 10.1. The number of amides is 1. The van der Waals surface area contributed by atoms with E-state index in [4.69, 9.17) is 15.2 Å². The van der Waals surface area contributed by atoms with E-state index in [1.54, 1.807) is 7.11 Å². The van der Waals surface area contributed by atoms with Gasteiger partial charge in [-0.05, 0) is 43.1 Å². The normalized spacial score (nSPS) is 10.2. The van der Waals surface area contributed by atoms with Gasteiger partial charge in [-0.1, -0.05) is 13.3 Å². The molecule has 0 heterocycles. The molecule has 0 bridgehead atoms. The van der Waals surface area contributed by atoms with Crippen LogP contribution in [0.4, 0.5) is 0 Å². The van der Waals surface area contributed by atoms with E-state index in [2.05, 4.69) is 12.2 Å². The van der Waals surface area contributed by atoms with Crippen LogP contribution in [0.25, 0.3) is 0 Å². The molecule has 0 aliphatic heterocycles. The Morgan fingerprint density at radius 2 is 2.20 bits per heavy atom. The number of hydrogen-bond acceptors (Lipinski definition) is 4. The predicted molar refractivity (Wildman–Crippen MR) is 79.2 cm³/mol. The SMILES string of the molecule is CCCCNC(=O)COc1ccc(OC)cc1CCN. The molecular weight excluding hydrogens is 256 g/mol. The molecule has 0 unspecified atom stereocenters. The number of benzene rings is 1. The first kappa shape index (κ1) is 16.3. The van der Waals surface area contributed by atoms with Crippen LogP contribution in [0.3, 0.4) is 0 Å². The standard InChI is InChI=1S/C15H24N2O3/c1-3-4-9-17-15(18)11-20-14-6-5-13(19-2)10-12(14)7-8-16/h5-6,10H,3-4,7-9,11,16H2,1-2H3,(H,17,18). The molecule has 5 nitrogen and oxygen atoms in total. The van der Waals surface area contributed by atoms with Crippen molar-refractivity contribution >= 4 is 5.91 Å². The van der Waals surface area contributed by atoms with E-state index in [1.165, 1.54) is 0 Å². The van der Waals surface area contributed by atoms with Gasteiger partial charge in [-0.3, -0.25) is 4.79 Å². The topological polar surface area (TPSA) is 73.6 Å². The van der Waals surface area contributed by atoms with Gasteiger partial charge in [0.2, 0.25) is 0 Å². The number of methoxy groups -OCH3 is 1. The van der Waals surface area contributed by atoms with Gasteiger partial charge >= 0.3 is 0 Å². The molecule has 1 amide bonds. The number of ether oxygens (including phenoxy) is 2. The third-order valence-electron chi connectivity index (χ3n) is 2.89. The summed E-state index contributed by atoms with van der Waals surface area (Å²) in [5.74, 6) is 1.34. The second-order valence-corrected chi connectivity index (χ2v) is 4.50. The summed E-state index contributed by atoms with van der Waals surface area (Å²) in [6.07, 6.45) is 2.72. The van der Waals surface area contributed by atoms with Crippen LogP contribution in [0, 0.1) is 0 Å². The van der Waals surface area contributed by atoms with Crippen molar-refractivity contribution in [3.05, 3.63) is 23.8 Å². The summed E-state index contributed by atoms with van der Waals surface area (Å²) in [6.45, 7) is 3.32. The molecule has 0 aromatic heterocycles. The summed E-state index contributed by atoms with van der Waals surface area (Å²) in [6, 6.07) is 5.50. The van der Waals surface area contributed by atoms with Crippen LogP contribution in [0.1, 0.15) is 25.3 Å². The van der Waals surface area contributed by atoms with Crippen LogP contribution >= 0.6 is 0 Å². The number of nitrogens with one attached hydrogen (secondary N) is 1. The highest BCUT2D eigenvalue weighted by Crippen LogP contribution is 2.24. The number of hydrogen-bond donors (Lipinski definition) is 2. The fourth-order valence-corrected chi connectivity index (χ4v) is 1.77. The van der Waals surface area contributed by atoms with Crippen LogP contribution in [0.5, 0.6) is 11.5 Å². The molecule has 0 aliphatic rings. The van der Waals surface area contributed by atoms with Crippen LogP contribution in [0.15, 0.2) is 18.2 Å². The van der Waals surface area contributed by atoms with Crippen LogP contribution in [-0.4, -0.2) is 32.7 Å². The zero-order valence-corrected chi connectivity index (χ0v) is 12.3. The van der Waals surface area contributed by atoms with Crippen molar-refractivity contribution in [3.63, 3.8) is 0 Å². The van der Waals surface area contributed by atoms with E-state index in [0.29, 0.717) is 25.3 Å². The zero-order valence-electron chi connectivity index (χ0n) is 12.3. The molecule has 1 rings (SSSR count). The molecule has 0 aliphatic carbocycles. The average Bonchev–Trinajstić information content (AvgIpc) is 2.46. The molecule has 112 valence electrons. The monoisotopic (exact) mass is 280 g/mol. The van der Waals surface area contributed by atoms with Gasteiger partial charge in [0, 0.05) is 6.54 Å². The first-order valence-electron chi connectivity index (χ1n) is 6.97. The second kappa shape index (κ2) is 9.20. The molecule has 0 saturated heterocycles. The van der Waals surface area contributed by atoms with Crippen molar-refractivity contribution in [1.82, 2.24) is 5.32 Å². The predicted octanol–water partition coefficient (Wildman–Crippen LogP) is 1.49. The summed E-state index contributed by atoms with van der Waals surface area (Å²) in [4.78, 5) is 11.6. The van der Waals surface area contributed by atoms with E-state index in [0.717, 1.165) is 24.2 Å². The fraction of sp³-hybridized carbons (Fsp3) is 0.533. The van der Waals surface area contributed by atoms with Gasteiger partial charge in [-0.2, -0.15) is 0 Å². The van der Waals surface area contributed by atoms with E-state index in [1.807, 2.05) is 18.2 Å². The maximum Gasteiger partial charge on any atom is 0.257 e. The smallest absolute Gasteiger partial charge is 0.257 e. The summed E-state index contributed by atoms with van der Waals surface area (Å²) < 4.78 is 10.7. The van der Waals surface area contributed by atoms with Gasteiger partial charge < -0.3 is 20.5 Å². The van der Waals surface area contributed by atoms with Crippen LogP contribution < -0.4 is 20.5 Å².